The van der Waals surface area contributed by atoms with Crippen molar-refractivity contribution >= 4 is 17.7 Å². The van der Waals surface area contributed by atoms with Gasteiger partial charge in [0.15, 0.2) is 0 Å². The molecule has 1 heterocycles. The van der Waals surface area contributed by atoms with Gasteiger partial charge < -0.3 is 5.32 Å². The Morgan fingerprint density at radius 2 is 1.64 bits per heavy atom. The molecule has 0 aromatic heterocycles. The van der Waals surface area contributed by atoms with Crippen molar-refractivity contribution in [3.8, 4) is 0 Å². The lowest BCUT2D eigenvalue weighted by molar-refractivity contribution is -0.143. The van der Waals surface area contributed by atoms with Gasteiger partial charge in [0.25, 0.3) is 0 Å². The molecular weight excluding hydrogens is 280 g/mol. The lowest BCUT2D eigenvalue weighted by Gasteiger charge is -2.22. The summed E-state index contributed by atoms with van der Waals surface area (Å²) in [5.41, 5.74) is 0. The maximum atomic E-state index is 12.3. The van der Waals surface area contributed by atoms with Crippen molar-refractivity contribution in [3.63, 3.8) is 0 Å². The van der Waals surface area contributed by atoms with Crippen LogP contribution < -0.4 is 5.32 Å². The first-order chi connectivity index (χ1) is 10.7. The Kier molecular flexibility index (Phi) is 4.60. The first-order valence-corrected chi connectivity index (χ1v) is 8.43. The van der Waals surface area contributed by atoms with Crippen LogP contribution in [0.3, 0.4) is 0 Å². The van der Waals surface area contributed by atoms with Crippen molar-refractivity contribution in [1.82, 2.24) is 10.2 Å². The lowest BCUT2D eigenvalue weighted by Crippen LogP contribution is -2.42. The number of hydrogen-bond donors (Lipinski definition) is 1. The largest absolute Gasteiger partial charge is 0.354 e. The topological polar surface area (TPSA) is 66.5 Å². The van der Waals surface area contributed by atoms with Gasteiger partial charge in [-0.2, -0.15) is 0 Å². The number of allylic oxidation sites excluding steroid dienone is 2. The SMILES string of the molecule is O=C(CN1C(=O)[C@H]2CC=CC[C@@H]2C1=O)NCC1CCCCC1. The molecule has 0 radical (unpaired) electrons. The maximum Gasteiger partial charge on any atom is 0.240 e. The zero-order valence-corrected chi connectivity index (χ0v) is 12.9. The van der Waals surface area contributed by atoms with Gasteiger partial charge in [0, 0.05) is 6.54 Å². The van der Waals surface area contributed by atoms with E-state index >= 15 is 0 Å². The summed E-state index contributed by atoms with van der Waals surface area (Å²) < 4.78 is 0. The number of nitrogens with zero attached hydrogens (tertiary/aromatic N) is 1. The number of imide groups is 1. The van der Waals surface area contributed by atoms with Crippen LogP contribution in [0.25, 0.3) is 0 Å². The van der Waals surface area contributed by atoms with Crippen LogP contribution in [0.4, 0.5) is 0 Å². The fraction of sp³-hybridized carbons (Fsp3) is 0.706. The summed E-state index contributed by atoms with van der Waals surface area (Å²) >= 11 is 0. The molecule has 22 heavy (non-hydrogen) atoms. The van der Waals surface area contributed by atoms with Crippen molar-refractivity contribution in [1.29, 1.82) is 0 Å². The van der Waals surface area contributed by atoms with Gasteiger partial charge in [-0.25, -0.2) is 0 Å². The molecule has 1 saturated carbocycles. The van der Waals surface area contributed by atoms with Gasteiger partial charge in [-0.05, 0) is 31.6 Å². The number of nitrogens with one attached hydrogen (secondary N) is 1. The van der Waals surface area contributed by atoms with E-state index < -0.39 is 0 Å². The Hall–Kier alpha value is -1.65. The van der Waals surface area contributed by atoms with Gasteiger partial charge >= 0.3 is 0 Å². The molecule has 5 heteroatoms. The van der Waals surface area contributed by atoms with Gasteiger partial charge in [0.1, 0.15) is 6.54 Å². The van der Waals surface area contributed by atoms with E-state index in [2.05, 4.69) is 5.32 Å². The Labute approximate surface area is 131 Å². The first-order valence-electron chi connectivity index (χ1n) is 8.43. The van der Waals surface area contributed by atoms with Crippen molar-refractivity contribution in [3.05, 3.63) is 12.2 Å². The smallest absolute Gasteiger partial charge is 0.240 e. The van der Waals surface area contributed by atoms with Crippen molar-refractivity contribution in [2.24, 2.45) is 17.8 Å². The minimum Gasteiger partial charge on any atom is -0.354 e. The number of likely N-dealkylation sites (tertiary alicyclic amines) is 1. The second-order valence-electron chi connectivity index (χ2n) is 6.73. The van der Waals surface area contributed by atoms with E-state index in [9.17, 15) is 14.4 Å². The second kappa shape index (κ2) is 6.63. The quantitative estimate of drug-likeness (QED) is 0.634. The highest BCUT2D eigenvalue weighted by molar-refractivity contribution is 6.07. The highest BCUT2D eigenvalue weighted by Crippen LogP contribution is 2.34. The molecule has 0 spiro atoms. The van der Waals surface area contributed by atoms with Crippen LogP contribution in [0.2, 0.25) is 0 Å². The third-order valence-electron chi connectivity index (χ3n) is 5.21. The minimum absolute atomic E-state index is 0.114. The van der Waals surface area contributed by atoms with E-state index in [0.29, 0.717) is 25.3 Å². The molecule has 1 aliphatic heterocycles. The molecule has 0 unspecified atom stereocenters. The third kappa shape index (κ3) is 3.08. The molecule has 2 atom stereocenters. The zero-order valence-electron chi connectivity index (χ0n) is 12.9. The number of hydrogen-bond acceptors (Lipinski definition) is 3. The van der Waals surface area contributed by atoms with E-state index in [0.717, 1.165) is 12.8 Å². The van der Waals surface area contributed by atoms with Gasteiger partial charge in [0.2, 0.25) is 17.7 Å². The molecule has 2 aliphatic carbocycles. The highest BCUT2D eigenvalue weighted by Gasteiger charge is 2.47. The van der Waals surface area contributed by atoms with E-state index in [-0.39, 0.29) is 36.1 Å². The summed E-state index contributed by atoms with van der Waals surface area (Å²) in [5.74, 6) is -0.500. The minimum atomic E-state index is -0.247. The number of rotatable bonds is 4. The first kappa shape index (κ1) is 15.3. The molecule has 3 rings (SSSR count). The average molecular weight is 304 g/mol. The van der Waals surface area contributed by atoms with Crippen molar-refractivity contribution < 1.29 is 14.4 Å². The van der Waals surface area contributed by atoms with Crippen molar-refractivity contribution in [2.45, 2.75) is 44.9 Å². The summed E-state index contributed by atoms with van der Waals surface area (Å²) in [6.45, 7) is 0.556. The van der Waals surface area contributed by atoms with Crippen LogP contribution in [0.5, 0.6) is 0 Å². The normalized spacial score (nSPS) is 28.8. The summed E-state index contributed by atoms with van der Waals surface area (Å²) in [6, 6.07) is 0. The van der Waals surface area contributed by atoms with Gasteiger partial charge in [-0.15, -0.1) is 0 Å². The average Bonchev–Trinajstić information content (AvgIpc) is 2.79. The Bertz CT molecular complexity index is 468. The molecule has 120 valence electrons. The van der Waals surface area contributed by atoms with Gasteiger partial charge in [-0.3, -0.25) is 19.3 Å². The van der Waals surface area contributed by atoms with Gasteiger partial charge in [0.05, 0.1) is 11.8 Å². The molecule has 5 nitrogen and oxygen atoms in total. The maximum absolute atomic E-state index is 12.3. The fourth-order valence-corrected chi connectivity index (χ4v) is 3.87. The second-order valence-corrected chi connectivity index (χ2v) is 6.73. The lowest BCUT2D eigenvalue weighted by atomic mass is 9.85. The number of fused-ring (bicyclic) bond motifs is 1. The highest BCUT2D eigenvalue weighted by atomic mass is 16.2. The van der Waals surface area contributed by atoms with E-state index in [1.54, 1.807) is 0 Å². The summed E-state index contributed by atoms with van der Waals surface area (Å²) in [7, 11) is 0. The third-order valence-corrected chi connectivity index (χ3v) is 5.21. The predicted octanol–water partition coefficient (Wildman–Crippen LogP) is 1.63. The predicted molar refractivity (Wildman–Crippen MR) is 81.7 cm³/mol. The molecule has 2 fully saturated rings. The van der Waals surface area contributed by atoms with Crippen LogP contribution in [0.1, 0.15) is 44.9 Å². The molecule has 3 aliphatic rings. The van der Waals surface area contributed by atoms with E-state index in [4.69, 9.17) is 0 Å². The van der Waals surface area contributed by atoms with E-state index in [1.807, 2.05) is 12.2 Å². The van der Waals surface area contributed by atoms with Crippen LogP contribution >= 0.6 is 0 Å². The van der Waals surface area contributed by atoms with Crippen LogP contribution in [0.15, 0.2) is 12.2 Å². The molecule has 1 saturated heterocycles. The molecule has 0 aromatic rings. The molecular formula is C17H24N2O3. The summed E-state index contributed by atoms with van der Waals surface area (Å²) in [5, 5.41) is 2.90. The monoisotopic (exact) mass is 304 g/mol. The molecule has 0 aromatic carbocycles. The fourth-order valence-electron chi connectivity index (χ4n) is 3.87. The van der Waals surface area contributed by atoms with Gasteiger partial charge in [-0.1, -0.05) is 31.4 Å². The standard InChI is InChI=1S/C17H24N2O3/c20-15(18-10-12-6-2-1-3-7-12)11-19-16(21)13-8-4-5-9-14(13)17(19)22/h4-5,12-14H,1-3,6-11H2,(H,18,20)/t13-,14-/m0/s1. The number of carbonyl (C=O) groups is 3. The Balaban J connectivity index is 1.51. The summed E-state index contributed by atoms with van der Waals surface area (Å²) in [4.78, 5) is 37.8. The molecule has 3 amide bonds. The summed E-state index contributed by atoms with van der Waals surface area (Å²) in [6.07, 6.45) is 11.2. The van der Waals surface area contributed by atoms with Crippen molar-refractivity contribution in [2.75, 3.05) is 13.1 Å². The van der Waals surface area contributed by atoms with Crippen LogP contribution in [-0.4, -0.2) is 35.7 Å². The number of carbonyl (C=O) groups excluding carboxylic acids is 3. The van der Waals surface area contributed by atoms with Crippen LogP contribution in [0, 0.1) is 17.8 Å². The molecule has 1 N–H and O–H groups in total. The Morgan fingerprint density at radius 3 is 2.23 bits per heavy atom. The van der Waals surface area contributed by atoms with E-state index in [1.165, 1.54) is 24.2 Å². The molecule has 0 bridgehead atoms. The zero-order chi connectivity index (χ0) is 15.5. The Morgan fingerprint density at radius 1 is 1.05 bits per heavy atom. The number of amides is 3. The van der Waals surface area contributed by atoms with Crippen LogP contribution in [-0.2, 0) is 14.4 Å².